The Kier molecular flexibility index (Phi) is 6.16. The third-order valence-electron chi connectivity index (χ3n) is 3.56. The first kappa shape index (κ1) is 17.9. The number of amides is 2. The lowest BCUT2D eigenvalue weighted by molar-refractivity contribution is -0.135. The minimum Gasteiger partial charge on any atom is -0.375 e. The fraction of sp³-hybridized carbons (Fsp3) is 0.333. The van der Waals surface area contributed by atoms with Crippen LogP contribution in [0.5, 0.6) is 0 Å². The Morgan fingerprint density at radius 3 is 2.22 bits per heavy atom. The van der Waals surface area contributed by atoms with Crippen molar-refractivity contribution in [2.24, 2.45) is 0 Å². The quantitative estimate of drug-likeness (QED) is 0.649. The number of hydrogen-bond donors (Lipinski definition) is 1. The topological polar surface area (TPSA) is 52.7 Å². The van der Waals surface area contributed by atoms with Gasteiger partial charge in [0.15, 0.2) is 0 Å². The molecule has 0 bridgehead atoms. The summed E-state index contributed by atoms with van der Waals surface area (Å²) in [7, 11) is 0. The van der Waals surface area contributed by atoms with E-state index in [1.165, 1.54) is 12.1 Å². The van der Waals surface area contributed by atoms with Crippen LogP contribution >= 0.6 is 34.8 Å². The molecule has 2 rings (SSSR count). The number of carbonyl (C=O) groups is 2. The molecule has 1 fully saturated rings. The first-order chi connectivity index (χ1) is 10.9. The third-order valence-corrected chi connectivity index (χ3v) is 4.59. The fourth-order valence-corrected chi connectivity index (χ4v) is 2.86. The van der Waals surface area contributed by atoms with Crippen LogP contribution in [0.25, 0.3) is 0 Å². The predicted octanol–water partition coefficient (Wildman–Crippen LogP) is 2.92. The van der Waals surface area contributed by atoms with Crippen LogP contribution in [0.15, 0.2) is 24.8 Å². The van der Waals surface area contributed by atoms with Crippen LogP contribution in [-0.2, 0) is 9.59 Å². The van der Waals surface area contributed by atoms with Crippen molar-refractivity contribution >= 4 is 52.3 Å². The highest BCUT2D eigenvalue weighted by atomic mass is 35.5. The maximum absolute atomic E-state index is 12.2. The zero-order chi connectivity index (χ0) is 17.0. The number of benzene rings is 1. The molecule has 1 N–H and O–H groups in total. The Hall–Kier alpha value is -1.43. The van der Waals surface area contributed by atoms with E-state index in [2.05, 4.69) is 11.9 Å². The summed E-state index contributed by atoms with van der Waals surface area (Å²) in [5.74, 6) is -0.185. The molecular formula is C15H16Cl3N3O2. The lowest BCUT2D eigenvalue weighted by Gasteiger charge is -2.34. The zero-order valence-electron chi connectivity index (χ0n) is 12.3. The van der Waals surface area contributed by atoms with E-state index in [1.54, 1.807) is 15.9 Å². The van der Waals surface area contributed by atoms with Crippen molar-refractivity contribution < 1.29 is 9.59 Å². The smallest absolute Gasteiger partial charge is 0.246 e. The molecule has 1 aromatic carbocycles. The van der Waals surface area contributed by atoms with Gasteiger partial charge >= 0.3 is 0 Å². The molecular weight excluding hydrogens is 361 g/mol. The van der Waals surface area contributed by atoms with Gasteiger partial charge in [0.25, 0.3) is 0 Å². The second kappa shape index (κ2) is 7.90. The van der Waals surface area contributed by atoms with E-state index in [0.717, 1.165) is 0 Å². The SMILES string of the molecule is C=CC(=O)N1CCN(C(=O)CNc2cc(Cl)c(Cl)cc2Cl)CC1. The van der Waals surface area contributed by atoms with E-state index in [4.69, 9.17) is 34.8 Å². The van der Waals surface area contributed by atoms with Crippen molar-refractivity contribution in [1.82, 2.24) is 9.80 Å². The summed E-state index contributed by atoms with van der Waals surface area (Å²) < 4.78 is 0. The van der Waals surface area contributed by atoms with Gasteiger partial charge in [-0.2, -0.15) is 0 Å². The summed E-state index contributed by atoms with van der Waals surface area (Å²) in [5.41, 5.74) is 0.551. The lowest BCUT2D eigenvalue weighted by Crippen LogP contribution is -2.51. The maximum Gasteiger partial charge on any atom is 0.246 e. The van der Waals surface area contributed by atoms with Crippen LogP contribution in [0.3, 0.4) is 0 Å². The molecule has 0 aliphatic carbocycles. The Labute approximate surface area is 149 Å². The first-order valence-electron chi connectivity index (χ1n) is 7.00. The molecule has 1 saturated heterocycles. The standard InChI is InChI=1S/C15H16Cl3N3O2/c1-2-14(22)20-3-5-21(6-4-20)15(23)9-19-13-8-11(17)10(16)7-12(13)18/h2,7-8,19H,1,3-6,9H2. The molecule has 2 amide bonds. The Bertz CT molecular complexity index is 629. The molecule has 1 aliphatic rings. The minimum absolute atomic E-state index is 0.0714. The van der Waals surface area contributed by atoms with Gasteiger partial charge in [0, 0.05) is 26.2 Å². The lowest BCUT2D eigenvalue weighted by atomic mass is 10.3. The largest absolute Gasteiger partial charge is 0.375 e. The van der Waals surface area contributed by atoms with Crippen molar-refractivity contribution in [3.05, 3.63) is 39.9 Å². The number of hydrogen-bond acceptors (Lipinski definition) is 3. The Morgan fingerprint density at radius 2 is 1.61 bits per heavy atom. The molecule has 1 aromatic rings. The highest BCUT2D eigenvalue weighted by Crippen LogP contribution is 2.32. The number of piperazine rings is 1. The minimum atomic E-state index is -0.113. The first-order valence-corrected chi connectivity index (χ1v) is 8.13. The summed E-state index contributed by atoms with van der Waals surface area (Å²) in [4.78, 5) is 27.1. The second-order valence-corrected chi connectivity index (χ2v) is 6.23. The van der Waals surface area contributed by atoms with Crippen LogP contribution in [0.4, 0.5) is 5.69 Å². The van der Waals surface area contributed by atoms with Crippen LogP contribution < -0.4 is 5.32 Å². The Morgan fingerprint density at radius 1 is 1.04 bits per heavy atom. The maximum atomic E-state index is 12.2. The molecule has 124 valence electrons. The van der Waals surface area contributed by atoms with Crippen LogP contribution in [0.2, 0.25) is 15.1 Å². The molecule has 0 spiro atoms. The van der Waals surface area contributed by atoms with Gasteiger partial charge < -0.3 is 15.1 Å². The van der Waals surface area contributed by atoms with Crippen molar-refractivity contribution in [2.75, 3.05) is 38.0 Å². The Balaban J connectivity index is 1.88. The summed E-state index contributed by atoms with van der Waals surface area (Å²) in [5, 5.41) is 4.08. The predicted molar refractivity (Wildman–Crippen MR) is 93.3 cm³/mol. The highest BCUT2D eigenvalue weighted by Gasteiger charge is 2.22. The zero-order valence-corrected chi connectivity index (χ0v) is 14.6. The van der Waals surface area contributed by atoms with Gasteiger partial charge in [-0.05, 0) is 18.2 Å². The molecule has 5 nitrogen and oxygen atoms in total. The van der Waals surface area contributed by atoms with Gasteiger partial charge in [0.2, 0.25) is 11.8 Å². The molecule has 0 saturated carbocycles. The van der Waals surface area contributed by atoms with E-state index < -0.39 is 0 Å². The summed E-state index contributed by atoms with van der Waals surface area (Å²) in [6.07, 6.45) is 1.28. The van der Waals surface area contributed by atoms with Gasteiger partial charge in [-0.3, -0.25) is 9.59 Å². The summed E-state index contributed by atoms with van der Waals surface area (Å²) in [6.45, 7) is 5.55. The van der Waals surface area contributed by atoms with Crippen LogP contribution in [0.1, 0.15) is 0 Å². The molecule has 8 heteroatoms. The van der Waals surface area contributed by atoms with Gasteiger partial charge in [0.1, 0.15) is 0 Å². The summed E-state index contributed by atoms with van der Waals surface area (Å²) in [6, 6.07) is 3.11. The van der Waals surface area contributed by atoms with E-state index >= 15 is 0 Å². The van der Waals surface area contributed by atoms with Crippen LogP contribution in [-0.4, -0.2) is 54.3 Å². The number of nitrogens with zero attached hydrogens (tertiary/aromatic N) is 2. The van der Waals surface area contributed by atoms with Crippen molar-refractivity contribution in [1.29, 1.82) is 0 Å². The van der Waals surface area contributed by atoms with Gasteiger partial charge in [-0.15, -0.1) is 0 Å². The molecule has 0 radical (unpaired) electrons. The molecule has 1 aliphatic heterocycles. The number of nitrogens with one attached hydrogen (secondary N) is 1. The van der Waals surface area contributed by atoms with Gasteiger partial charge in [-0.1, -0.05) is 41.4 Å². The number of anilines is 1. The van der Waals surface area contributed by atoms with Gasteiger partial charge in [-0.25, -0.2) is 0 Å². The van der Waals surface area contributed by atoms with Crippen molar-refractivity contribution in [3.63, 3.8) is 0 Å². The van der Waals surface area contributed by atoms with E-state index in [1.807, 2.05) is 0 Å². The second-order valence-electron chi connectivity index (χ2n) is 5.01. The normalized spacial score (nSPS) is 14.6. The van der Waals surface area contributed by atoms with E-state index in [9.17, 15) is 9.59 Å². The monoisotopic (exact) mass is 375 g/mol. The molecule has 0 unspecified atom stereocenters. The third kappa shape index (κ3) is 4.53. The molecule has 23 heavy (non-hydrogen) atoms. The molecule has 1 heterocycles. The van der Waals surface area contributed by atoms with E-state index in [-0.39, 0.29) is 18.4 Å². The number of rotatable bonds is 4. The highest BCUT2D eigenvalue weighted by molar-refractivity contribution is 6.44. The van der Waals surface area contributed by atoms with Gasteiger partial charge in [0.05, 0.1) is 27.3 Å². The fourth-order valence-electron chi connectivity index (χ4n) is 2.25. The van der Waals surface area contributed by atoms with Crippen molar-refractivity contribution in [3.8, 4) is 0 Å². The molecule has 0 atom stereocenters. The summed E-state index contributed by atoms with van der Waals surface area (Å²) >= 11 is 17.9. The average Bonchev–Trinajstić information content (AvgIpc) is 2.56. The van der Waals surface area contributed by atoms with E-state index in [0.29, 0.717) is 46.9 Å². The molecule has 0 aromatic heterocycles. The number of halogens is 3. The van der Waals surface area contributed by atoms with Crippen LogP contribution in [0, 0.1) is 0 Å². The average molecular weight is 377 g/mol. The number of carbonyl (C=O) groups excluding carboxylic acids is 2. The van der Waals surface area contributed by atoms with Crippen molar-refractivity contribution in [2.45, 2.75) is 0 Å².